The van der Waals surface area contributed by atoms with E-state index in [0.717, 1.165) is 18.9 Å². The fourth-order valence-electron chi connectivity index (χ4n) is 2.94. The molecule has 0 spiro atoms. The van der Waals surface area contributed by atoms with Crippen molar-refractivity contribution in [1.82, 2.24) is 5.32 Å². The molecule has 98 valence electrons. The molecule has 0 aromatic carbocycles. The molecule has 1 aliphatic carbocycles. The molecule has 1 unspecified atom stereocenters. The molecule has 0 heterocycles. The predicted octanol–water partition coefficient (Wildman–Crippen LogP) is 3.98. The first-order valence-corrected chi connectivity index (χ1v) is 7.22. The molecule has 0 bridgehead atoms. The molecule has 17 heavy (non-hydrogen) atoms. The first-order valence-electron chi connectivity index (χ1n) is 7.22. The predicted molar refractivity (Wildman–Crippen MR) is 75.9 cm³/mol. The van der Waals surface area contributed by atoms with Gasteiger partial charge in [-0.1, -0.05) is 20.8 Å². The van der Waals surface area contributed by atoms with Crippen molar-refractivity contribution in [2.24, 2.45) is 11.3 Å². The van der Waals surface area contributed by atoms with E-state index in [9.17, 15) is 0 Å². The van der Waals surface area contributed by atoms with Gasteiger partial charge in [0.2, 0.25) is 0 Å². The van der Waals surface area contributed by atoms with Gasteiger partial charge in [-0.25, -0.2) is 0 Å². The maximum Gasteiger partial charge on any atom is 0.0104 e. The summed E-state index contributed by atoms with van der Waals surface area (Å²) in [6.45, 7) is 10.1. The summed E-state index contributed by atoms with van der Waals surface area (Å²) in [5, 5.41) is 3.67. The van der Waals surface area contributed by atoms with E-state index >= 15 is 0 Å². The van der Waals surface area contributed by atoms with Gasteiger partial charge in [0.25, 0.3) is 0 Å². The van der Waals surface area contributed by atoms with Gasteiger partial charge in [-0.3, -0.25) is 0 Å². The fourth-order valence-corrected chi connectivity index (χ4v) is 2.94. The molecule has 1 saturated carbocycles. The smallest absolute Gasteiger partial charge is 0.0104 e. The third-order valence-corrected chi connectivity index (χ3v) is 4.18. The highest BCUT2D eigenvalue weighted by Gasteiger charge is 2.30. The minimum Gasteiger partial charge on any atom is -0.314 e. The zero-order valence-electron chi connectivity index (χ0n) is 12.1. The van der Waals surface area contributed by atoms with E-state index in [2.05, 4.69) is 37.9 Å². The van der Waals surface area contributed by atoms with E-state index in [1.807, 2.05) is 6.92 Å². The third kappa shape index (κ3) is 5.13. The van der Waals surface area contributed by atoms with Gasteiger partial charge in [0.1, 0.15) is 0 Å². The lowest BCUT2D eigenvalue weighted by Crippen LogP contribution is -2.39. The van der Waals surface area contributed by atoms with Crippen molar-refractivity contribution in [2.45, 2.75) is 72.3 Å². The SMILES string of the molecule is CC#CCCC(NCC)C1CCC(C)(C)CC1. The second-order valence-corrected chi connectivity index (χ2v) is 6.13. The molecular formula is C16H29N. The number of hydrogen-bond donors (Lipinski definition) is 1. The van der Waals surface area contributed by atoms with Crippen molar-refractivity contribution in [3.05, 3.63) is 0 Å². The Morgan fingerprint density at radius 2 is 1.94 bits per heavy atom. The minimum atomic E-state index is 0.580. The summed E-state index contributed by atoms with van der Waals surface area (Å²) >= 11 is 0. The second-order valence-electron chi connectivity index (χ2n) is 6.13. The topological polar surface area (TPSA) is 12.0 Å². The summed E-state index contributed by atoms with van der Waals surface area (Å²) in [5.41, 5.74) is 0.580. The van der Waals surface area contributed by atoms with Crippen LogP contribution in [0.3, 0.4) is 0 Å². The van der Waals surface area contributed by atoms with E-state index in [-0.39, 0.29) is 0 Å². The second kappa shape index (κ2) is 7.07. The Bertz CT molecular complexity index is 259. The van der Waals surface area contributed by atoms with Gasteiger partial charge in [0.15, 0.2) is 0 Å². The molecule has 1 N–H and O–H groups in total. The molecule has 1 rings (SSSR count). The summed E-state index contributed by atoms with van der Waals surface area (Å²) in [7, 11) is 0. The molecular weight excluding hydrogens is 206 g/mol. The number of rotatable bonds is 5. The van der Waals surface area contributed by atoms with Crippen molar-refractivity contribution >= 4 is 0 Å². The quantitative estimate of drug-likeness (QED) is 0.711. The van der Waals surface area contributed by atoms with Gasteiger partial charge in [0.05, 0.1) is 0 Å². The molecule has 0 amide bonds. The number of hydrogen-bond acceptors (Lipinski definition) is 1. The van der Waals surface area contributed by atoms with Crippen LogP contribution in [0.15, 0.2) is 0 Å². The van der Waals surface area contributed by atoms with Crippen LogP contribution in [0.2, 0.25) is 0 Å². The highest BCUT2D eigenvalue weighted by molar-refractivity contribution is 4.96. The van der Waals surface area contributed by atoms with Crippen molar-refractivity contribution in [2.75, 3.05) is 6.54 Å². The highest BCUT2D eigenvalue weighted by atomic mass is 14.9. The average molecular weight is 235 g/mol. The summed E-state index contributed by atoms with van der Waals surface area (Å²) in [6.07, 6.45) is 7.83. The molecule has 1 aliphatic rings. The number of nitrogens with one attached hydrogen (secondary N) is 1. The van der Waals surface area contributed by atoms with Gasteiger partial charge in [-0.15, -0.1) is 11.8 Å². The summed E-state index contributed by atoms with van der Waals surface area (Å²) < 4.78 is 0. The minimum absolute atomic E-state index is 0.580. The van der Waals surface area contributed by atoms with E-state index < -0.39 is 0 Å². The molecule has 0 aromatic heterocycles. The van der Waals surface area contributed by atoms with Crippen molar-refractivity contribution in [1.29, 1.82) is 0 Å². The third-order valence-electron chi connectivity index (χ3n) is 4.18. The maximum absolute atomic E-state index is 3.67. The average Bonchev–Trinajstić information content (AvgIpc) is 2.28. The van der Waals surface area contributed by atoms with Gasteiger partial charge in [-0.05, 0) is 56.9 Å². The Labute approximate surface area is 108 Å². The van der Waals surface area contributed by atoms with Crippen LogP contribution in [-0.4, -0.2) is 12.6 Å². The normalized spacial score (nSPS) is 21.6. The van der Waals surface area contributed by atoms with Crippen molar-refractivity contribution in [3.63, 3.8) is 0 Å². The van der Waals surface area contributed by atoms with Crippen LogP contribution in [0.4, 0.5) is 0 Å². The van der Waals surface area contributed by atoms with Crippen LogP contribution >= 0.6 is 0 Å². The lowest BCUT2D eigenvalue weighted by atomic mass is 9.70. The Hall–Kier alpha value is -0.480. The Kier molecular flexibility index (Phi) is 6.06. The highest BCUT2D eigenvalue weighted by Crippen LogP contribution is 2.39. The molecule has 0 saturated heterocycles. The van der Waals surface area contributed by atoms with Crippen LogP contribution in [-0.2, 0) is 0 Å². The van der Waals surface area contributed by atoms with Crippen LogP contribution in [0.1, 0.15) is 66.2 Å². The van der Waals surface area contributed by atoms with Crippen LogP contribution in [0, 0.1) is 23.2 Å². The van der Waals surface area contributed by atoms with E-state index in [0.29, 0.717) is 11.5 Å². The Morgan fingerprint density at radius 1 is 1.29 bits per heavy atom. The molecule has 1 nitrogen and oxygen atoms in total. The first-order chi connectivity index (χ1) is 8.09. The molecule has 0 aliphatic heterocycles. The zero-order valence-corrected chi connectivity index (χ0v) is 12.1. The van der Waals surface area contributed by atoms with E-state index in [4.69, 9.17) is 0 Å². The monoisotopic (exact) mass is 235 g/mol. The van der Waals surface area contributed by atoms with Crippen molar-refractivity contribution in [3.8, 4) is 11.8 Å². The molecule has 1 atom stereocenters. The Morgan fingerprint density at radius 3 is 2.47 bits per heavy atom. The van der Waals surface area contributed by atoms with Gasteiger partial charge >= 0.3 is 0 Å². The van der Waals surface area contributed by atoms with E-state index in [1.165, 1.54) is 32.1 Å². The molecule has 0 aromatic rings. The summed E-state index contributed by atoms with van der Waals surface area (Å²) in [6, 6.07) is 0.692. The van der Waals surface area contributed by atoms with E-state index in [1.54, 1.807) is 0 Å². The van der Waals surface area contributed by atoms with Crippen LogP contribution in [0.25, 0.3) is 0 Å². The van der Waals surface area contributed by atoms with Gasteiger partial charge in [-0.2, -0.15) is 0 Å². The summed E-state index contributed by atoms with van der Waals surface area (Å²) in [5.74, 6) is 7.08. The first kappa shape index (κ1) is 14.6. The standard InChI is InChI=1S/C16H29N/c1-5-7-8-9-15(17-6-2)14-10-12-16(3,4)13-11-14/h14-15,17H,6,8-13H2,1-4H3. The lowest BCUT2D eigenvalue weighted by molar-refractivity contribution is 0.158. The van der Waals surface area contributed by atoms with Gasteiger partial charge in [0, 0.05) is 12.5 Å². The summed E-state index contributed by atoms with van der Waals surface area (Å²) in [4.78, 5) is 0. The molecule has 1 heteroatoms. The molecule has 0 radical (unpaired) electrons. The fraction of sp³-hybridized carbons (Fsp3) is 0.875. The maximum atomic E-state index is 3.67. The largest absolute Gasteiger partial charge is 0.314 e. The van der Waals surface area contributed by atoms with Crippen LogP contribution in [0.5, 0.6) is 0 Å². The van der Waals surface area contributed by atoms with Gasteiger partial charge < -0.3 is 5.32 Å². The molecule has 1 fully saturated rings. The van der Waals surface area contributed by atoms with Crippen LogP contribution < -0.4 is 5.32 Å². The Balaban J connectivity index is 2.43. The lowest BCUT2D eigenvalue weighted by Gasteiger charge is -2.38. The van der Waals surface area contributed by atoms with Crippen molar-refractivity contribution < 1.29 is 0 Å². The zero-order chi connectivity index (χ0) is 12.7.